The lowest BCUT2D eigenvalue weighted by molar-refractivity contribution is 0.181. The van der Waals surface area contributed by atoms with Crippen LogP contribution in [0.4, 0.5) is 5.82 Å². The molecule has 2 aromatic rings. The normalized spacial score (nSPS) is 10.5. The van der Waals surface area contributed by atoms with Crippen LogP contribution in [0.1, 0.15) is 30.6 Å². The zero-order valence-electron chi connectivity index (χ0n) is 12.0. The maximum Gasteiger partial charge on any atom is 0.137 e. The molecule has 0 saturated heterocycles. The standard InChI is InChI=1S/C15H20N4O/c1-3-7-17-14-10-13(11-20-2)18-15(19-14)9-12-6-4-5-8-16-12/h4-6,8,10H,3,7,9,11H2,1-2H3,(H,17,18,19). The van der Waals surface area contributed by atoms with Crippen molar-refractivity contribution >= 4 is 5.82 Å². The van der Waals surface area contributed by atoms with E-state index in [-0.39, 0.29) is 0 Å². The number of rotatable bonds is 7. The van der Waals surface area contributed by atoms with Crippen LogP contribution < -0.4 is 5.32 Å². The zero-order chi connectivity index (χ0) is 14.2. The minimum atomic E-state index is 0.485. The summed E-state index contributed by atoms with van der Waals surface area (Å²) >= 11 is 0. The summed E-state index contributed by atoms with van der Waals surface area (Å²) in [7, 11) is 1.67. The highest BCUT2D eigenvalue weighted by Crippen LogP contribution is 2.11. The van der Waals surface area contributed by atoms with Crippen molar-refractivity contribution in [2.24, 2.45) is 0 Å². The molecule has 0 unspecified atom stereocenters. The molecule has 0 aliphatic rings. The Morgan fingerprint density at radius 1 is 1.20 bits per heavy atom. The molecule has 0 aliphatic heterocycles. The van der Waals surface area contributed by atoms with E-state index in [4.69, 9.17) is 4.74 Å². The van der Waals surface area contributed by atoms with Gasteiger partial charge in [-0.25, -0.2) is 9.97 Å². The minimum Gasteiger partial charge on any atom is -0.378 e. The van der Waals surface area contributed by atoms with Gasteiger partial charge in [0.1, 0.15) is 11.6 Å². The highest BCUT2D eigenvalue weighted by molar-refractivity contribution is 5.36. The molecular formula is C15H20N4O. The van der Waals surface area contributed by atoms with Gasteiger partial charge in [-0.15, -0.1) is 0 Å². The fourth-order valence-corrected chi connectivity index (χ4v) is 1.86. The van der Waals surface area contributed by atoms with Crippen molar-refractivity contribution in [1.82, 2.24) is 15.0 Å². The Labute approximate surface area is 119 Å². The number of hydrogen-bond acceptors (Lipinski definition) is 5. The van der Waals surface area contributed by atoms with Gasteiger partial charge in [-0.3, -0.25) is 4.98 Å². The first-order valence-corrected chi connectivity index (χ1v) is 6.81. The number of hydrogen-bond donors (Lipinski definition) is 1. The molecule has 20 heavy (non-hydrogen) atoms. The number of nitrogens with zero attached hydrogens (tertiary/aromatic N) is 3. The van der Waals surface area contributed by atoms with Crippen molar-refractivity contribution in [3.05, 3.63) is 47.7 Å². The third kappa shape index (κ3) is 4.28. The van der Waals surface area contributed by atoms with Gasteiger partial charge in [0, 0.05) is 31.6 Å². The van der Waals surface area contributed by atoms with Crippen molar-refractivity contribution in [2.75, 3.05) is 19.0 Å². The number of anilines is 1. The summed E-state index contributed by atoms with van der Waals surface area (Å²) in [5.74, 6) is 1.61. The molecule has 0 fully saturated rings. The second-order valence-electron chi connectivity index (χ2n) is 4.52. The maximum absolute atomic E-state index is 5.16. The van der Waals surface area contributed by atoms with Crippen LogP contribution in [-0.2, 0) is 17.8 Å². The molecule has 0 bridgehead atoms. The van der Waals surface area contributed by atoms with Crippen molar-refractivity contribution in [3.8, 4) is 0 Å². The van der Waals surface area contributed by atoms with Gasteiger partial charge >= 0.3 is 0 Å². The third-order valence-electron chi connectivity index (χ3n) is 2.74. The topological polar surface area (TPSA) is 59.9 Å². The first-order valence-electron chi connectivity index (χ1n) is 6.81. The van der Waals surface area contributed by atoms with E-state index in [1.54, 1.807) is 13.3 Å². The SMILES string of the molecule is CCCNc1cc(COC)nc(Cc2ccccn2)n1. The summed E-state index contributed by atoms with van der Waals surface area (Å²) in [5.41, 5.74) is 1.84. The van der Waals surface area contributed by atoms with Gasteiger partial charge in [0.05, 0.1) is 18.7 Å². The van der Waals surface area contributed by atoms with Crippen LogP contribution in [0.25, 0.3) is 0 Å². The molecule has 106 valence electrons. The van der Waals surface area contributed by atoms with Crippen LogP contribution in [-0.4, -0.2) is 28.6 Å². The number of pyridine rings is 1. The Hall–Kier alpha value is -2.01. The van der Waals surface area contributed by atoms with Gasteiger partial charge < -0.3 is 10.1 Å². The van der Waals surface area contributed by atoms with Gasteiger partial charge in [0.25, 0.3) is 0 Å². The van der Waals surface area contributed by atoms with Crippen LogP contribution in [0.2, 0.25) is 0 Å². The fraction of sp³-hybridized carbons (Fsp3) is 0.400. The smallest absolute Gasteiger partial charge is 0.137 e. The van der Waals surface area contributed by atoms with Crippen LogP contribution in [0.5, 0.6) is 0 Å². The number of nitrogens with one attached hydrogen (secondary N) is 1. The highest BCUT2D eigenvalue weighted by Gasteiger charge is 2.06. The minimum absolute atomic E-state index is 0.485. The number of methoxy groups -OCH3 is 1. The van der Waals surface area contributed by atoms with Gasteiger partial charge in [0.2, 0.25) is 0 Å². The van der Waals surface area contributed by atoms with Gasteiger partial charge in [-0.2, -0.15) is 0 Å². The summed E-state index contributed by atoms with van der Waals surface area (Å²) in [6.07, 6.45) is 3.46. The molecule has 0 radical (unpaired) electrons. The van der Waals surface area contributed by atoms with E-state index in [0.29, 0.717) is 13.0 Å². The fourth-order valence-electron chi connectivity index (χ4n) is 1.86. The Morgan fingerprint density at radius 2 is 2.10 bits per heavy atom. The molecule has 0 atom stereocenters. The summed E-state index contributed by atoms with van der Waals surface area (Å²) in [6, 6.07) is 7.78. The average Bonchev–Trinajstić information content (AvgIpc) is 2.46. The largest absolute Gasteiger partial charge is 0.378 e. The Balaban J connectivity index is 2.19. The molecule has 2 heterocycles. The van der Waals surface area contributed by atoms with Gasteiger partial charge in [-0.1, -0.05) is 13.0 Å². The van der Waals surface area contributed by atoms with E-state index in [0.717, 1.165) is 36.0 Å². The highest BCUT2D eigenvalue weighted by atomic mass is 16.5. The van der Waals surface area contributed by atoms with Crippen LogP contribution in [0.15, 0.2) is 30.5 Å². The molecule has 0 amide bonds. The quantitative estimate of drug-likeness (QED) is 0.839. The average molecular weight is 272 g/mol. The Bertz CT molecular complexity index is 531. The molecule has 0 spiro atoms. The van der Waals surface area contributed by atoms with Crippen molar-refractivity contribution in [2.45, 2.75) is 26.4 Å². The van der Waals surface area contributed by atoms with Gasteiger partial charge in [0.15, 0.2) is 0 Å². The zero-order valence-corrected chi connectivity index (χ0v) is 12.0. The maximum atomic E-state index is 5.16. The monoisotopic (exact) mass is 272 g/mol. The van der Waals surface area contributed by atoms with Crippen LogP contribution in [0.3, 0.4) is 0 Å². The summed E-state index contributed by atoms with van der Waals surface area (Å²) in [4.78, 5) is 13.4. The van der Waals surface area contributed by atoms with Gasteiger partial charge in [-0.05, 0) is 18.6 Å². The molecule has 1 N–H and O–H groups in total. The van der Waals surface area contributed by atoms with E-state index >= 15 is 0 Å². The van der Waals surface area contributed by atoms with Crippen LogP contribution >= 0.6 is 0 Å². The molecule has 2 aromatic heterocycles. The van der Waals surface area contributed by atoms with Crippen LogP contribution in [0, 0.1) is 0 Å². The molecule has 0 aromatic carbocycles. The first kappa shape index (κ1) is 14.4. The van der Waals surface area contributed by atoms with E-state index < -0.39 is 0 Å². The molecular weight excluding hydrogens is 252 g/mol. The third-order valence-corrected chi connectivity index (χ3v) is 2.74. The number of aromatic nitrogens is 3. The summed E-state index contributed by atoms with van der Waals surface area (Å²) in [5, 5.41) is 3.29. The first-order chi connectivity index (χ1) is 9.81. The van der Waals surface area contributed by atoms with E-state index in [1.165, 1.54) is 0 Å². The second-order valence-corrected chi connectivity index (χ2v) is 4.52. The molecule has 5 nitrogen and oxygen atoms in total. The lowest BCUT2D eigenvalue weighted by atomic mass is 10.2. The molecule has 0 aliphatic carbocycles. The second kappa shape index (κ2) is 7.55. The summed E-state index contributed by atoms with van der Waals surface area (Å²) < 4.78 is 5.16. The van der Waals surface area contributed by atoms with Crippen molar-refractivity contribution in [1.29, 1.82) is 0 Å². The lowest BCUT2D eigenvalue weighted by Gasteiger charge is -2.09. The van der Waals surface area contributed by atoms with E-state index in [9.17, 15) is 0 Å². The van der Waals surface area contributed by atoms with Crippen molar-refractivity contribution < 1.29 is 4.74 Å². The van der Waals surface area contributed by atoms with E-state index in [1.807, 2.05) is 24.3 Å². The summed E-state index contributed by atoms with van der Waals surface area (Å²) in [6.45, 7) is 3.50. The molecule has 2 rings (SSSR count). The molecule has 5 heteroatoms. The Morgan fingerprint density at radius 3 is 2.80 bits per heavy atom. The lowest BCUT2D eigenvalue weighted by Crippen LogP contribution is -2.08. The predicted molar refractivity (Wildman–Crippen MR) is 78.6 cm³/mol. The Kier molecular flexibility index (Phi) is 5.43. The van der Waals surface area contributed by atoms with E-state index in [2.05, 4.69) is 27.2 Å². The molecule has 0 saturated carbocycles. The predicted octanol–water partition coefficient (Wildman–Crippen LogP) is 2.43. The number of ether oxygens (including phenoxy) is 1. The van der Waals surface area contributed by atoms with Crippen molar-refractivity contribution in [3.63, 3.8) is 0 Å².